The SMILES string of the molecule is CCOC(=O)C1CCN(C(=O)CSc2nc(-c3cccs3)c(-c3cccs3)[nH]2)CC1. The molecule has 1 N–H and O–H groups in total. The number of rotatable bonds is 7. The molecule has 0 aromatic carbocycles. The Bertz CT molecular complexity index is 923. The largest absolute Gasteiger partial charge is 0.466 e. The van der Waals surface area contributed by atoms with Crippen molar-refractivity contribution in [1.29, 1.82) is 0 Å². The lowest BCUT2D eigenvalue weighted by atomic mass is 9.97. The summed E-state index contributed by atoms with van der Waals surface area (Å²) in [5.41, 5.74) is 1.93. The van der Waals surface area contributed by atoms with E-state index in [1.807, 2.05) is 34.7 Å². The van der Waals surface area contributed by atoms with E-state index >= 15 is 0 Å². The molecule has 1 amide bonds. The number of ether oxygens (including phenoxy) is 1. The van der Waals surface area contributed by atoms with E-state index in [2.05, 4.69) is 17.1 Å². The smallest absolute Gasteiger partial charge is 0.309 e. The van der Waals surface area contributed by atoms with Gasteiger partial charge in [-0.2, -0.15) is 0 Å². The van der Waals surface area contributed by atoms with Gasteiger partial charge < -0.3 is 14.6 Å². The van der Waals surface area contributed by atoms with Crippen LogP contribution in [0, 0.1) is 5.92 Å². The predicted molar refractivity (Wildman–Crippen MR) is 122 cm³/mol. The van der Waals surface area contributed by atoms with Gasteiger partial charge in [0.1, 0.15) is 5.69 Å². The third kappa shape index (κ3) is 4.79. The van der Waals surface area contributed by atoms with Crippen LogP contribution in [0.5, 0.6) is 0 Å². The Morgan fingerprint density at radius 1 is 1.20 bits per heavy atom. The molecule has 1 aliphatic heterocycles. The topological polar surface area (TPSA) is 75.3 Å². The minimum Gasteiger partial charge on any atom is -0.466 e. The molecule has 6 nitrogen and oxygen atoms in total. The molecule has 9 heteroatoms. The average molecular weight is 462 g/mol. The molecule has 0 aliphatic carbocycles. The van der Waals surface area contributed by atoms with Gasteiger partial charge in [0, 0.05) is 13.1 Å². The number of H-pyrrole nitrogens is 1. The second-order valence-corrected chi connectivity index (χ2v) is 9.78. The molecule has 4 rings (SSSR count). The van der Waals surface area contributed by atoms with Crippen LogP contribution in [0.25, 0.3) is 21.1 Å². The zero-order chi connectivity index (χ0) is 20.9. The highest BCUT2D eigenvalue weighted by Gasteiger charge is 2.28. The number of carbonyl (C=O) groups excluding carboxylic acids is 2. The highest BCUT2D eigenvalue weighted by molar-refractivity contribution is 7.99. The number of carbonyl (C=O) groups is 2. The predicted octanol–water partition coefficient (Wildman–Crippen LogP) is 4.76. The molecule has 3 aromatic heterocycles. The second-order valence-electron chi connectivity index (χ2n) is 6.92. The first-order valence-electron chi connectivity index (χ1n) is 9.90. The van der Waals surface area contributed by atoms with Gasteiger partial charge in [-0.05, 0) is 42.7 Å². The van der Waals surface area contributed by atoms with Crippen molar-refractivity contribution in [3.63, 3.8) is 0 Å². The van der Waals surface area contributed by atoms with Crippen molar-refractivity contribution in [2.45, 2.75) is 24.9 Å². The first-order valence-corrected chi connectivity index (χ1v) is 12.6. The van der Waals surface area contributed by atoms with Gasteiger partial charge in [-0.3, -0.25) is 9.59 Å². The van der Waals surface area contributed by atoms with Gasteiger partial charge in [0.2, 0.25) is 5.91 Å². The van der Waals surface area contributed by atoms with Gasteiger partial charge in [0.25, 0.3) is 0 Å². The lowest BCUT2D eigenvalue weighted by Gasteiger charge is -2.30. The number of esters is 1. The Morgan fingerprint density at radius 3 is 2.53 bits per heavy atom. The number of thiophene rings is 2. The van der Waals surface area contributed by atoms with E-state index in [9.17, 15) is 9.59 Å². The minimum atomic E-state index is -0.142. The Labute approximate surface area is 187 Å². The van der Waals surface area contributed by atoms with Gasteiger partial charge >= 0.3 is 5.97 Å². The molecular formula is C21H23N3O3S3. The molecule has 4 heterocycles. The van der Waals surface area contributed by atoms with Crippen molar-refractivity contribution < 1.29 is 14.3 Å². The maximum Gasteiger partial charge on any atom is 0.309 e. The molecule has 0 saturated carbocycles. The summed E-state index contributed by atoms with van der Waals surface area (Å²) >= 11 is 4.75. The maximum absolute atomic E-state index is 12.7. The van der Waals surface area contributed by atoms with Gasteiger partial charge in [0.15, 0.2) is 5.16 Å². The van der Waals surface area contributed by atoms with Crippen LogP contribution < -0.4 is 0 Å². The molecule has 0 spiro atoms. The van der Waals surface area contributed by atoms with Crippen molar-refractivity contribution in [2.24, 2.45) is 5.92 Å². The highest BCUT2D eigenvalue weighted by atomic mass is 32.2. The fraction of sp³-hybridized carbons (Fsp3) is 0.381. The average Bonchev–Trinajstić information content (AvgIpc) is 3.53. The number of nitrogens with zero attached hydrogens (tertiary/aromatic N) is 2. The maximum atomic E-state index is 12.7. The second kappa shape index (κ2) is 9.80. The molecule has 1 aliphatic rings. The summed E-state index contributed by atoms with van der Waals surface area (Å²) in [6.45, 7) is 3.42. The van der Waals surface area contributed by atoms with Crippen LogP contribution in [0.2, 0.25) is 0 Å². The van der Waals surface area contributed by atoms with Crippen molar-refractivity contribution >= 4 is 46.3 Å². The van der Waals surface area contributed by atoms with Crippen molar-refractivity contribution in [2.75, 3.05) is 25.4 Å². The van der Waals surface area contributed by atoms with Crippen LogP contribution in [0.1, 0.15) is 19.8 Å². The number of nitrogens with one attached hydrogen (secondary N) is 1. The van der Waals surface area contributed by atoms with E-state index in [4.69, 9.17) is 9.72 Å². The number of thioether (sulfide) groups is 1. The van der Waals surface area contributed by atoms with Gasteiger partial charge in [0.05, 0.1) is 33.7 Å². The molecule has 3 aromatic rings. The quantitative estimate of drug-likeness (QED) is 0.406. The molecule has 1 saturated heterocycles. The Hall–Kier alpha value is -2.10. The van der Waals surface area contributed by atoms with Crippen LogP contribution in [0.3, 0.4) is 0 Å². The first-order chi connectivity index (χ1) is 14.7. The number of amides is 1. The van der Waals surface area contributed by atoms with E-state index in [-0.39, 0.29) is 17.8 Å². The summed E-state index contributed by atoms with van der Waals surface area (Å²) in [6, 6.07) is 8.17. The standard InChI is InChI=1S/C21H23N3O3S3/c1-2-27-20(26)14-7-9-24(10-8-14)17(25)13-30-21-22-18(15-5-3-11-28-15)19(23-21)16-6-4-12-29-16/h3-6,11-12,14H,2,7-10,13H2,1H3,(H,22,23). The number of hydrogen-bond donors (Lipinski definition) is 1. The number of aromatic nitrogens is 2. The van der Waals surface area contributed by atoms with Crippen LogP contribution in [0.4, 0.5) is 0 Å². The Kier molecular flexibility index (Phi) is 6.91. The number of aromatic amines is 1. The van der Waals surface area contributed by atoms with Crippen LogP contribution in [0.15, 0.2) is 40.2 Å². The van der Waals surface area contributed by atoms with Crippen LogP contribution >= 0.6 is 34.4 Å². The lowest BCUT2D eigenvalue weighted by Crippen LogP contribution is -2.41. The molecule has 0 unspecified atom stereocenters. The van der Waals surface area contributed by atoms with E-state index in [0.29, 0.717) is 38.3 Å². The fourth-order valence-corrected chi connectivity index (χ4v) is 5.68. The summed E-state index contributed by atoms with van der Waals surface area (Å²) in [5.74, 6) is 0.171. The zero-order valence-corrected chi connectivity index (χ0v) is 19.1. The van der Waals surface area contributed by atoms with Crippen molar-refractivity contribution in [3.8, 4) is 21.1 Å². The van der Waals surface area contributed by atoms with Gasteiger partial charge in [-0.1, -0.05) is 23.9 Å². The van der Waals surface area contributed by atoms with Gasteiger partial charge in [-0.25, -0.2) is 4.98 Å². The monoisotopic (exact) mass is 461 g/mol. The first kappa shape index (κ1) is 21.1. The van der Waals surface area contributed by atoms with E-state index in [1.54, 1.807) is 22.7 Å². The molecule has 0 atom stereocenters. The minimum absolute atomic E-state index is 0.0778. The normalized spacial score (nSPS) is 14.8. The summed E-state index contributed by atoms with van der Waals surface area (Å²) in [5, 5.41) is 4.83. The number of hydrogen-bond acceptors (Lipinski definition) is 7. The highest BCUT2D eigenvalue weighted by Crippen LogP contribution is 2.36. The van der Waals surface area contributed by atoms with Crippen LogP contribution in [-0.2, 0) is 14.3 Å². The van der Waals surface area contributed by atoms with Crippen molar-refractivity contribution in [3.05, 3.63) is 35.0 Å². The number of likely N-dealkylation sites (tertiary alicyclic amines) is 1. The Balaban J connectivity index is 1.38. The third-order valence-corrected chi connectivity index (χ3v) is 7.63. The Morgan fingerprint density at radius 2 is 1.90 bits per heavy atom. The molecular weight excluding hydrogens is 438 g/mol. The summed E-state index contributed by atoms with van der Waals surface area (Å²) in [6.07, 6.45) is 1.34. The van der Waals surface area contributed by atoms with E-state index < -0.39 is 0 Å². The van der Waals surface area contributed by atoms with Crippen LogP contribution in [-0.4, -0.2) is 52.2 Å². The third-order valence-electron chi connectivity index (χ3n) is 5.00. The number of imidazole rings is 1. The summed E-state index contributed by atoms with van der Waals surface area (Å²) in [4.78, 5) is 36.8. The lowest BCUT2D eigenvalue weighted by molar-refractivity contribution is -0.151. The molecule has 158 valence electrons. The van der Waals surface area contributed by atoms with Gasteiger partial charge in [-0.15, -0.1) is 22.7 Å². The summed E-state index contributed by atoms with van der Waals surface area (Å²) in [7, 11) is 0. The molecule has 0 bridgehead atoms. The van der Waals surface area contributed by atoms with Crippen molar-refractivity contribution in [1.82, 2.24) is 14.9 Å². The molecule has 0 radical (unpaired) electrons. The fourth-order valence-electron chi connectivity index (χ4n) is 3.46. The molecule has 30 heavy (non-hydrogen) atoms. The zero-order valence-electron chi connectivity index (χ0n) is 16.6. The summed E-state index contributed by atoms with van der Waals surface area (Å²) < 4.78 is 5.10. The van der Waals surface area contributed by atoms with E-state index in [0.717, 1.165) is 26.3 Å². The van der Waals surface area contributed by atoms with E-state index in [1.165, 1.54) is 11.8 Å². The molecule has 1 fully saturated rings. The number of piperidine rings is 1.